The summed E-state index contributed by atoms with van der Waals surface area (Å²) in [5.41, 5.74) is -2.11. The van der Waals surface area contributed by atoms with Crippen LogP contribution in [-0.4, -0.2) is 63.6 Å². The van der Waals surface area contributed by atoms with Gasteiger partial charge in [-0.3, -0.25) is 14.3 Å². The van der Waals surface area contributed by atoms with Crippen LogP contribution in [0.25, 0.3) is 0 Å². The molecule has 8 nitrogen and oxygen atoms in total. The molecule has 0 amide bonds. The standard InChI is InChI=1S/C23H43ClN2O6Si2/c1-21(2,3)33(8,9)30-15-23(14-24)18(32-34(10,11)22(4,5)6)17(29-7)19(31-23)26-13-12-16(27)25-20(26)28/h12-13,17-19H,14-15H2,1-11H3,(H,25,27,28)/t17-,18?,19+,23+/m0/s1. The number of alkyl halides is 1. The van der Waals surface area contributed by atoms with Crippen molar-refractivity contribution >= 4 is 28.2 Å². The SMILES string of the molecule is CO[C@H]1C(O[Si](C)(C)C(C)(C)C)[C@@](CCl)(CO[Si](C)(C)C(C)(C)C)O[C@H]1n1ccc(=O)[nH]c1=O. The monoisotopic (exact) mass is 534 g/mol. The number of nitrogens with zero attached hydrogens (tertiary/aromatic N) is 1. The predicted octanol–water partition coefficient (Wildman–Crippen LogP) is 4.47. The number of aromatic nitrogens is 2. The highest BCUT2D eigenvalue weighted by Gasteiger charge is 2.60. The second-order valence-electron chi connectivity index (χ2n) is 12.3. The maximum Gasteiger partial charge on any atom is 0.330 e. The largest absolute Gasteiger partial charge is 0.414 e. The van der Waals surface area contributed by atoms with Crippen LogP contribution in [0.1, 0.15) is 47.8 Å². The lowest BCUT2D eigenvalue weighted by Crippen LogP contribution is -2.58. The van der Waals surface area contributed by atoms with Gasteiger partial charge in [-0.2, -0.15) is 0 Å². The summed E-state index contributed by atoms with van der Waals surface area (Å²) in [6.07, 6.45) is -0.643. The van der Waals surface area contributed by atoms with Gasteiger partial charge < -0.3 is 18.3 Å². The first-order chi connectivity index (χ1) is 15.3. The summed E-state index contributed by atoms with van der Waals surface area (Å²) >= 11 is 6.63. The lowest BCUT2D eigenvalue weighted by atomic mass is 9.98. The molecule has 0 aliphatic carbocycles. The Morgan fingerprint density at radius 1 is 1.09 bits per heavy atom. The number of H-pyrrole nitrogens is 1. The van der Waals surface area contributed by atoms with Gasteiger partial charge in [-0.1, -0.05) is 41.5 Å². The third kappa shape index (κ3) is 5.79. The minimum atomic E-state index is -2.31. The van der Waals surface area contributed by atoms with Crippen molar-refractivity contribution in [1.29, 1.82) is 0 Å². The topological polar surface area (TPSA) is 91.8 Å². The Morgan fingerprint density at radius 2 is 1.65 bits per heavy atom. The zero-order valence-electron chi connectivity index (χ0n) is 22.6. The van der Waals surface area contributed by atoms with E-state index in [1.807, 2.05) is 0 Å². The Bertz CT molecular complexity index is 966. The summed E-state index contributed by atoms with van der Waals surface area (Å²) in [6.45, 7) is 21.9. The Labute approximate surface area is 210 Å². The normalized spacial score (nSPS) is 26.8. The van der Waals surface area contributed by atoms with Crippen LogP contribution in [0.5, 0.6) is 0 Å². The second kappa shape index (κ2) is 9.95. The van der Waals surface area contributed by atoms with Gasteiger partial charge in [0.15, 0.2) is 22.9 Å². The van der Waals surface area contributed by atoms with E-state index < -0.39 is 51.9 Å². The highest BCUT2D eigenvalue weighted by atomic mass is 35.5. The van der Waals surface area contributed by atoms with E-state index in [0.717, 1.165) is 0 Å². The van der Waals surface area contributed by atoms with Crippen molar-refractivity contribution in [2.45, 2.75) is 102 Å². The molecule has 34 heavy (non-hydrogen) atoms. The minimum absolute atomic E-state index is 0.00912. The number of aromatic amines is 1. The first kappa shape index (κ1) is 29.5. The Kier molecular flexibility index (Phi) is 8.63. The van der Waals surface area contributed by atoms with E-state index in [4.69, 9.17) is 29.9 Å². The van der Waals surface area contributed by atoms with Crippen LogP contribution in [0.2, 0.25) is 36.3 Å². The van der Waals surface area contributed by atoms with Gasteiger partial charge in [-0.15, -0.1) is 11.6 Å². The molecule has 196 valence electrons. The number of ether oxygens (including phenoxy) is 2. The van der Waals surface area contributed by atoms with E-state index in [1.165, 1.54) is 16.8 Å². The van der Waals surface area contributed by atoms with Gasteiger partial charge in [-0.05, 0) is 36.3 Å². The molecule has 0 bridgehead atoms. The Morgan fingerprint density at radius 3 is 2.09 bits per heavy atom. The Balaban J connectivity index is 2.60. The summed E-state index contributed by atoms with van der Waals surface area (Å²) in [5.74, 6) is 0.0926. The number of methoxy groups -OCH3 is 1. The van der Waals surface area contributed by atoms with E-state index >= 15 is 0 Å². The summed E-state index contributed by atoms with van der Waals surface area (Å²) in [4.78, 5) is 26.6. The lowest BCUT2D eigenvalue weighted by molar-refractivity contribution is -0.111. The third-order valence-corrected chi connectivity index (χ3v) is 17.2. The molecule has 1 fully saturated rings. The van der Waals surface area contributed by atoms with Gasteiger partial charge in [-0.25, -0.2) is 4.79 Å². The van der Waals surface area contributed by atoms with Gasteiger partial charge in [0.05, 0.1) is 12.5 Å². The summed E-state index contributed by atoms with van der Waals surface area (Å²) in [6, 6.07) is 1.29. The molecule has 2 rings (SSSR count). The quantitative estimate of drug-likeness (QED) is 0.391. The molecule has 0 saturated carbocycles. The second-order valence-corrected chi connectivity index (χ2v) is 22.1. The summed E-state index contributed by atoms with van der Waals surface area (Å²) in [7, 11) is -2.89. The molecule has 1 unspecified atom stereocenters. The molecule has 1 aliphatic rings. The van der Waals surface area contributed by atoms with Crippen molar-refractivity contribution in [3.05, 3.63) is 33.1 Å². The minimum Gasteiger partial charge on any atom is -0.414 e. The molecule has 0 aromatic carbocycles. The highest BCUT2D eigenvalue weighted by Crippen LogP contribution is 2.47. The van der Waals surface area contributed by atoms with Gasteiger partial charge in [0.2, 0.25) is 0 Å². The molecular weight excluding hydrogens is 492 g/mol. The molecule has 1 aliphatic heterocycles. The molecule has 2 heterocycles. The van der Waals surface area contributed by atoms with Crippen molar-refractivity contribution < 1.29 is 18.3 Å². The zero-order chi connectivity index (χ0) is 26.3. The predicted molar refractivity (Wildman–Crippen MR) is 141 cm³/mol. The van der Waals surface area contributed by atoms with E-state index in [0.29, 0.717) is 0 Å². The van der Waals surface area contributed by atoms with Crippen molar-refractivity contribution in [2.24, 2.45) is 0 Å². The van der Waals surface area contributed by atoms with Crippen molar-refractivity contribution in [3.8, 4) is 0 Å². The number of nitrogens with one attached hydrogen (secondary N) is 1. The third-order valence-electron chi connectivity index (χ3n) is 7.79. The van der Waals surface area contributed by atoms with Crippen LogP contribution in [0, 0.1) is 0 Å². The van der Waals surface area contributed by atoms with E-state index in [2.05, 4.69) is 72.7 Å². The number of hydrogen-bond acceptors (Lipinski definition) is 6. The van der Waals surface area contributed by atoms with Crippen LogP contribution >= 0.6 is 11.6 Å². The highest BCUT2D eigenvalue weighted by molar-refractivity contribution is 6.74. The zero-order valence-corrected chi connectivity index (χ0v) is 25.3. The molecule has 4 atom stereocenters. The molecular formula is C23H43ClN2O6Si2. The first-order valence-corrected chi connectivity index (χ1v) is 18.1. The maximum absolute atomic E-state index is 12.7. The van der Waals surface area contributed by atoms with Crippen molar-refractivity contribution in [2.75, 3.05) is 19.6 Å². The number of hydrogen-bond donors (Lipinski definition) is 1. The van der Waals surface area contributed by atoms with Crippen LogP contribution in [0.3, 0.4) is 0 Å². The molecule has 0 radical (unpaired) electrons. The molecule has 1 aromatic rings. The number of halogens is 1. The molecule has 11 heteroatoms. The number of rotatable bonds is 8. The Hall–Kier alpha value is -0.756. The average molecular weight is 535 g/mol. The first-order valence-electron chi connectivity index (χ1n) is 11.7. The van der Waals surface area contributed by atoms with E-state index in [-0.39, 0.29) is 22.6 Å². The van der Waals surface area contributed by atoms with Crippen LogP contribution < -0.4 is 11.2 Å². The molecule has 1 aromatic heterocycles. The average Bonchev–Trinajstić information content (AvgIpc) is 2.97. The van der Waals surface area contributed by atoms with E-state index in [1.54, 1.807) is 7.11 Å². The van der Waals surface area contributed by atoms with Crippen molar-refractivity contribution in [1.82, 2.24) is 9.55 Å². The summed E-state index contributed by atoms with van der Waals surface area (Å²) < 4.78 is 27.3. The fourth-order valence-corrected chi connectivity index (χ4v) is 6.02. The summed E-state index contributed by atoms with van der Waals surface area (Å²) in [5, 5.41) is -0.0820. The lowest BCUT2D eigenvalue weighted by Gasteiger charge is -2.45. The van der Waals surface area contributed by atoms with Gasteiger partial charge >= 0.3 is 5.69 Å². The van der Waals surface area contributed by atoms with Crippen LogP contribution in [0.15, 0.2) is 21.9 Å². The van der Waals surface area contributed by atoms with E-state index in [9.17, 15) is 9.59 Å². The molecule has 1 saturated heterocycles. The molecule has 1 N–H and O–H groups in total. The van der Waals surface area contributed by atoms with Gasteiger partial charge in [0, 0.05) is 19.4 Å². The van der Waals surface area contributed by atoms with Crippen LogP contribution in [0.4, 0.5) is 0 Å². The van der Waals surface area contributed by atoms with Crippen molar-refractivity contribution in [3.63, 3.8) is 0 Å². The molecule has 0 spiro atoms. The van der Waals surface area contributed by atoms with Gasteiger partial charge in [0.25, 0.3) is 5.56 Å². The smallest absolute Gasteiger partial charge is 0.330 e. The fraction of sp³-hybridized carbons (Fsp3) is 0.826. The van der Waals surface area contributed by atoms with Crippen LogP contribution in [-0.2, 0) is 18.3 Å². The van der Waals surface area contributed by atoms with Gasteiger partial charge in [0.1, 0.15) is 17.8 Å². The fourth-order valence-electron chi connectivity index (χ4n) is 3.36. The maximum atomic E-state index is 12.7.